The van der Waals surface area contributed by atoms with Gasteiger partial charge in [0.25, 0.3) is 0 Å². The molecule has 0 saturated carbocycles. The van der Waals surface area contributed by atoms with Crippen LogP contribution in [0.25, 0.3) is 0 Å². The summed E-state index contributed by atoms with van der Waals surface area (Å²) in [5.74, 6) is 0.0119. The second-order valence-electron chi connectivity index (χ2n) is 4.25. The third-order valence-electron chi connectivity index (χ3n) is 2.67. The Morgan fingerprint density at radius 1 is 1.22 bits per heavy atom. The van der Waals surface area contributed by atoms with Crippen LogP contribution in [0.1, 0.15) is 18.4 Å². The van der Waals surface area contributed by atoms with Gasteiger partial charge in [0.15, 0.2) is 12.1 Å². The van der Waals surface area contributed by atoms with Gasteiger partial charge in [0, 0.05) is 0 Å². The molecule has 0 radical (unpaired) electrons. The molecule has 0 spiro atoms. The lowest BCUT2D eigenvalue weighted by molar-refractivity contribution is -0.184. The van der Waals surface area contributed by atoms with Crippen LogP contribution in [0.15, 0.2) is 30.3 Å². The molecule has 4 nitrogen and oxygen atoms in total. The Hall–Kier alpha value is -1.23. The largest absolute Gasteiger partial charge is 0.369 e. The molecule has 4 heteroatoms. The smallest absolute Gasteiger partial charge is 0.164 e. The number of rotatable bonds is 6. The molecule has 0 atom stereocenters. The highest BCUT2D eigenvalue weighted by Crippen LogP contribution is 2.09. The van der Waals surface area contributed by atoms with Gasteiger partial charge in [-0.2, -0.15) is 0 Å². The lowest BCUT2D eigenvalue weighted by Gasteiger charge is -2.22. The van der Waals surface area contributed by atoms with Crippen LogP contribution >= 0.6 is 0 Å². The zero-order valence-electron chi connectivity index (χ0n) is 10.3. The summed E-state index contributed by atoms with van der Waals surface area (Å²) in [6.07, 6.45) is 0.788. The van der Waals surface area contributed by atoms with E-state index in [4.69, 9.17) is 14.2 Å². The summed E-state index contributed by atoms with van der Waals surface area (Å²) in [5.41, 5.74) is 1.07. The second kappa shape index (κ2) is 7.26. The van der Waals surface area contributed by atoms with Gasteiger partial charge in [-0.05, 0) is 12.0 Å². The van der Waals surface area contributed by atoms with Crippen LogP contribution in [-0.4, -0.2) is 31.9 Å². The normalized spacial score (nSPS) is 16.7. The van der Waals surface area contributed by atoms with Gasteiger partial charge in [0.2, 0.25) is 0 Å². The number of ketones is 1. The van der Waals surface area contributed by atoms with E-state index in [2.05, 4.69) is 0 Å². The molecule has 2 rings (SSSR count). The van der Waals surface area contributed by atoms with Crippen molar-refractivity contribution in [2.24, 2.45) is 0 Å². The molecular formula is C14H18O4. The van der Waals surface area contributed by atoms with Crippen LogP contribution in [0, 0.1) is 0 Å². The first-order chi connectivity index (χ1) is 8.84. The van der Waals surface area contributed by atoms with Gasteiger partial charge in [-0.15, -0.1) is 0 Å². The van der Waals surface area contributed by atoms with E-state index >= 15 is 0 Å². The Morgan fingerprint density at radius 3 is 2.67 bits per heavy atom. The Morgan fingerprint density at radius 2 is 1.94 bits per heavy atom. The molecule has 1 aliphatic rings. The molecule has 98 valence electrons. The molecule has 1 aromatic carbocycles. The lowest BCUT2D eigenvalue weighted by atomic mass is 10.2. The van der Waals surface area contributed by atoms with Gasteiger partial charge in [0.05, 0.1) is 26.2 Å². The molecule has 18 heavy (non-hydrogen) atoms. The average Bonchev–Trinajstić information content (AvgIpc) is 2.41. The molecule has 0 unspecified atom stereocenters. The maximum absolute atomic E-state index is 11.6. The van der Waals surface area contributed by atoms with Gasteiger partial charge in [-0.1, -0.05) is 30.3 Å². The molecule has 0 N–H and O–H groups in total. The second-order valence-corrected chi connectivity index (χ2v) is 4.25. The van der Waals surface area contributed by atoms with Crippen molar-refractivity contribution in [2.75, 3.05) is 19.8 Å². The average molecular weight is 250 g/mol. The number of carbonyl (C=O) groups excluding carboxylic acids is 1. The number of Topliss-reactive ketones (excluding diaryl/α,β-unsaturated/α-hetero) is 1. The minimum absolute atomic E-state index is 0.0119. The topological polar surface area (TPSA) is 44.8 Å². The Labute approximate surface area is 107 Å². The van der Waals surface area contributed by atoms with Crippen molar-refractivity contribution in [3.8, 4) is 0 Å². The monoisotopic (exact) mass is 250 g/mol. The van der Waals surface area contributed by atoms with Crippen molar-refractivity contribution in [3.05, 3.63) is 35.9 Å². The Bertz CT molecular complexity index is 357. The van der Waals surface area contributed by atoms with E-state index in [1.54, 1.807) is 0 Å². The van der Waals surface area contributed by atoms with Crippen molar-refractivity contribution in [1.29, 1.82) is 0 Å². The zero-order valence-corrected chi connectivity index (χ0v) is 10.3. The minimum Gasteiger partial charge on any atom is -0.369 e. The fraction of sp³-hybridized carbons (Fsp3) is 0.500. The number of ether oxygens (including phenoxy) is 3. The Kier molecular flexibility index (Phi) is 5.33. The summed E-state index contributed by atoms with van der Waals surface area (Å²) < 4.78 is 16.0. The van der Waals surface area contributed by atoms with Crippen LogP contribution in [0.4, 0.5) is 0 Å². The van der Waals surface area contributed by atoms with Crippen molar-refractivity contribution in [2.45, 2.75) is 25.7 Å². The van der Waals surface area contributed by atoms with Crippen molar-refractivity contribution >= 4 is 5.78 Å². The molecule has 0 aromatic heterocycles. The lowest BCUT2D eigenvalue weighted by Crippen LogP contribution is -2.28. The standard InChI is InChI=1S/C14H18O4/c15-13(9-14-17-7-4-8-18-14)11-16-10-12-5-2-1-3-6-12/h1-3,5-6,14H,4,7-11H2. The van der Waals surface area contributed by atoms with Crippen LogP contribution < -0.4 is 0 Å². The molecule has 1 saturated heterocycles. The van der Waals surface area contributed by atoms with E-state index in [1.165, 1.54) is 0 Å². The summed E-state index contributed by atoms with van der Waals surface area (Å²) in [6.45, 7) is 1.91. The van der Waals surface area contributed by atoms with Gasteiger partial charge < -0.3 is 14.2 Å². The SMILES string of the molecule is O=C(COCc1ccccc1)CC1OCCCO1. The van der Waals surface area contributed by atoms with E-state index in [0.29, 0.717) is 19.8 Å². The van der Waals surface area contributed by atoms with Crippen LogP contribution in [0.5, 0.6) is 0 Å². The molecule has 1 aromatic rings. The summed E-state index contributed by atoms with van der Waals surface area (Å²) >= 11 is 0. The highest BCUT2D eigenvalue weighted by molar-refractivity contribution is 5.79. The Balaban J connectivity index is 1.62. The summed E-state index contributed by atoms with van der Waals surface area (Å²) in [5, 5.41) is 0. The minimum atomic E-state index is -0.383. The molecule has 1 aliphatic heterocycles. The predicted molar refractivity (Wildman–Crippen MR) is 66.0 cm³/mol. The molecule has 0 amide bonds. The first-order valence-electron chi connectivity index (χ1n) is 6.21. The van der Waals surface area contributed by atoms with Gasteiger partial charge in [-0.25, -0.2) is 0 Å². The highest BCUT2D eigenvalue weighted by Gasteiger charge is 2.17. The van der Waals surface area contributed by atoms with E-state index in [0.717, 1.165) is 12.0 Å². The molecule has 0 aliphatic carbocycles. The molecule has 0 bridgehead atoms. The van der Waals surface area contributed by atoms with Gasteiger partial charge in [0.1, 0.15) is 6.61 Å². The molecule has 1 heterocycles. The van der Waals surface area contributed by atoms with Gasteiger partial charge >= 0.3 is 0 Å². The van der Waals surface area contributed by atoms with Gasteiger partial charge in [-0.3, -0.25) is 4.79 Å². The number of hydrogen-bond acceptors (Lipinski definition) is 4. The quantitative estimate of drug-likeness (QED) is 0.773. The highest BCUT2D eigenvalue weighted by atomic mass is 16.7. The first-order valence-corrected chi connectivity index (χ1v) is 6.21. The maximum atomic E-state index is 11.6. The van der Waals surface area contributed by atoms with Crippen LogP contribution in [-0.2, 0) is 25.6 Å². The van der Waals surface area contributed by atoms with E-state index in [1.807, 2.05) is 30.3 Å². The third kappa shape index (κ3) is 4.56. The van der Waals surface area contributed by atoms with E-state index in [-0.39, 0.29) is 25.1 Å². The summed E-state index contributed by atoms with van der Waals surface area (Å²) in [7, 11) is 0. The molecular weight excluding hydrogens is 232 g/mol. The summed E-state index contributed by atoms with van der Waals surface area (Å²) in [6, 6.07) is 9.79. The van der Waals surface area contributed by atoms with Crippen molar-refractivity contribution < 1.29 is 19.0 Å². The van der Waals surface area contributed by atoms with Crippen molar-refractivity contribution in [1.82, 2.24) is 0 Å². The van der Waals surface area contributed by atoms with E-state index in [9.17, 15) is 4.79 Å². The number of hydrogen-bond donors (Lipinski definition) is 0. The molecule has 1 fully saturated rings. The fourth-order valence-electron chi connectivity index (χ4n) is 1.76. The summed E-state index contributed by atoms with van der Waals surface area (Å²) in [4.78, 5) is 11.6. The number of carbonyl (C=O) groups is 1. The first kappa shape index (κ1) is 13.2. The fourth-order valence-corrected chi connectivity index (χ4v) is 1.76. The van der Waals surface area contributed by atoms with E-state index < -0.39 is 0 Å². The van der Waals surface area contributed by atoms with Crippen molar-refractivity contribution in [3.63, 3.8) is 0 Å². The van der Waals surface area contributed by atoms with Crippen LogP contribution in [0.2, 0.25) is 0 Å². The predicted octanol–water partition coefficient (Wildman–Crippen LogP) is 1.93. The zero-order chi connectivity index (χ0) is 12.6. The third-order valence-corrected chi connectivity index (χ3v) is 2.67. The number of benzene rings is 1. The van der Waals surface area contributed by atoms with Crippen LogP contribution in [0.3, 0.4) is 0 Å². The maximum Gasteiger partial charge on any atom is 0.164 e.